The van der Waals surface area contributed by atoms with Gasteiger partial charge in [-0.25, -0.2) is 13.6 Å². The number of rotatable bonds is 4. The second kappa shape index (κ2) is 6.83. The number of benzene rings is 2. The number of hydrogen-bond acceptors (Lipinski definition) is 5. The molecule has 0 spiro atoms. The Balaban J connectivity index is 1.81. The first-order chi connectivity index (χ1) is 13.3. The minimum atomic E-state index is -3.74. The highest BCUT2D eigenvalue weighted by molar-refractivity contribution is 7.89. The van der Waals surface area contributed by atoms with E-state index in [-0.39, 0.29) is 22.8 Å². The van der Waals surface area contributed by atoms with Gasteiger partial charge in [-0.3, -0.25) is 0 Å². The van der Waals surface area contributed by atoms with E-state index in [1.807, 2.05) is 12.1 Å². The molecule has 3 atom stereocenters. The van der Waals surface area contributed by atoms with Crippen LogP contribution in [0.4, 0.5) is 5.69 Å². The van der Waals surface area contributed by atoms with Crippen molar-refractivity contribution in [1.29, 1.82) is 0 Å². The third-order valence-electron chi connectivity index (χ3n) is 5.77. The van der Waals surface area contributed by atoms with Crippen LogP contribution in [-0.2, 0) is 10.0 Å². The first kappa shape index (κ1) is 18.8. The molecule has 7 heteroatoms. The summed E-state index contributed by atoms with van der Waals surface area (Å²) in [6, 6.07) is 9.16. The molecule has 6 nitrogen and oxygen atoms in total. The van der Waals surface area contributed by atoms with E-state index < -0.39 is 10.0 Å². The van der Waals surface area contributed by atoms with E-state index in [2.05, 4.69) is 24.4 Å². The molecule has 0 saturated carbocycles. The van der Waals surface area contributed by atoms with Gasteiger partial charge in [0.15, 0.2) is 11.5 Å². The van der Waals surface area contributed by atoms with Gasteiger partial charge >= 0.3 is 0 Å². The summed E-state index contributed by atoms with van der Waals surface area (Å²) in [6.45, 7) is 2.07. The Kier molecular flexibility index (Phi) is 4.59. The molecule has 1 aliphatic carbocycles. The van der Waals surface area contributed by atoms with Crippen molar-refractivity contribution in [3.8, 4) is 11.5 Å². The quantitative estimate of drug-likeness (QED) is 0.767. The Labute approximate surface area is 165 Å². The first-order valence-corrected chi connectivity index (χ1v) is 10.7. The molecule has 0 aromatic heterocycles. The molecule has 0 radical (unpaired) electrons. The van der Waals surface area contributed by atoms with Crippen LogP contribution in [0.25, 0.3) is 0 Å². The molecule has 28 heavy (non-hydrogen) atoms. The molecule has 1 aliphatic heterocycles. The van der Waals surface area contributed by atoms with Crippen molar-refractivity contribution in [1.82, 2.24) is 0 Å². The van der Waals surface area contributed by atoms with Crippen molar-refractivity contribution in [2.75, 3.05) is 19.5 Å². The lowest BCUT2D eigenvalue weighted by Gasteiger charge is -2.38. The molecular formula is C21H24N2O4S. The highest BCUT2D eigenvalue weighted by Gasteiger charge is 2.39. The molecule has 2 aliphatic rings. The van der Waals surface area contributed by atoms with E-state index in [4.69, 9.17) is 14.6 Å². The van der Waals surface area contributed by atoms with Gasteiger partial charge in [0.05, 0.1) is 25.2 Å². The summed E-state index contributed by atoms with van der Waals surface area (Å²) in [5, 5.41) is 8.95. The molecule has 3 N–H and O–H groups in total. The molecule has 4 rings (SSSR count). The van der Waals surface area contributed by atoms with Gasteiger partial charge in [-0.1, -0.05) is 12.2 Å². The second-order valence-corrected chi connectivity index (χ2v) is 8.89. The highest BCUT2D eigenvalue weighted by Crippen LogP contribution is 2.51. The number of anilines is 1. The van der Waals surface area contributed by atoms with E-state index in [1.165, 1.54) is 0 Å². The van der Waals surface area contributed by atoms with Crippen molar-refractivity contribution < 1.29 is 17.9 Å². The third-order valence-corrected chi connectivity index (χ3v) is 6.68. The fraction of sp³-hybridized carbons (Fsp3) is 0.333. The van der Waals surface area contributed by atoms with Crippen LogP contribution < -0.4 is 19.9 Å². The fourth-order valence-corrected chi connectivity index (χ4v) is 4.94. The zero-order valence-electron chi connectivity index (χ0n) is 16.1. The molecule has 1 heterocycles. The Morgan fingerprint density at radius 1 is 1.07 bits per heavy atom. The van der Waals surface area contributed by atoms with E-state index >= 15 is 0 Å². The highest BCUT2D eigenvalue weighted by atomic mass is 32.2. The van der Waals surface area contributed by atoms with Crippen LogP contribution in [0.15, 0.2) is 47.4 Å². The predicted octanol–water partition coefficient (Wildman–Crippen LogP) is 3.49. The zero-order chi connectivity index (χ0) is 20.1. The third kappa shape index (κ3) is 3.04. The molecule has 0 saturated heterocycles. The van der Waals surface area contributed by atoms with Crippen molar-refractivity contribution in [3.05, 3.63) is 59.2 Å². The second-order valence-electron chi connectivity index (χ2n) is 7.33. The van der Waals surface area contributed by atoms with Gasteiger partial charge in [0, 0.05) is 11.6 Å². The number of fused-ring (bicyclic) bond motifs is 3. The van der Waals surface area contributed by atoms with Gasteiger partial charge in [0.2, 0.25) is 10.0 Å². The van der Waals surface area contributed by atoms with Gasteiger partial charge in [-0.2, -0.15) is 0 Å². The van der Waals surface area contributed by atoms with Gasteiger partial charge in [0.1, 0.15) is 0 Å². The summed E-state index contributed by atoms with van der Waals surface area (Å²) in [5.41, 5.74) is 4.17. The number of allylic oxidation sites excluding steroid dienone is 2. The Bertz CT molecular complexity index is 1060. The lowest BCUT2D eigenvalue weighted by Crippen LogP contribution is -2.30. The maximum atomic E-state index is 11.8. The Morgan fingerprint density at radius 2 is 1.79 bits per heavy atom. The molecule has 0 bridgehead atoms. The lowest BCUT2D eigenvalue weighted by atomic mass is 9.76. The van der Waals surface area contributed by atoms with Crippen molar-refractivity contribution >= 4 is 15.7 Å². The van der Waals surface area contributed by atoms with Gasteiger partial charge in [-0.05, 0) is 66.3 Å². The average Bonchev–Trinajstić information content (AvgIpc) is 3.16. The Hall–Kier alpha value is -2.51. The largest absolute Gasteiger partial charge is 0.493 e. The maximum Gasteiger partial charge on any atom is 0.238 e. The van der Waals surface area contributed by atoms with Crippen LogP contribution in [0.1, 0.15) is 35.1 Å². The molecule has 2 aromatic rings. The van der Waals surface area contributed by atoms with Crippen LogP contribution in [0.5, 0.6) is 11.5 Å². The van der Waals surface area contributed by atoms with Crippen molar-refractivity contribution in [2.45, 2.75) is 30.2 Å². The molecule has 148 valence electrons. The van der Waals surface area contributed by atoms with Crippen molar-refractivity contribution in [3.63, 3.8) is 0 Å². The number of aryl methyl sites for hydroxylation is 1. The topological polar surface area (TPSA) is 90.6 Å². The van der Waals surface area contributed by atoms with Gasteiger partial charge < -0.3 is 14.8 Å². The number of nitrogens with one attached hydrogen (secondary N) is 1. The number of hydrogen-bond donors (Lipinski definition) is 2. The first-order valence-electron chi connectivity index (χ1n) is 9.16. The number of primary sulfonamides is 1. The number of ether oxygens (including phenoxy) is 2. The standard InChI is InChI=1S/C21H24N2O4S/c1-12-9-19(26-2)20(27-3)11-16(12)21-15-6-4-5-14(15)17-10-13(28(22,24)25)7-8-18(17)23-21/h4-5,7-11,14-15,21,23H,6H2,1-3H3,(H2,22,24,25). The van der Waals surface area contributed by atoms with Crippen LogP contribution in [-0.4, -0.2) is 22.6 Å². The Morgan fingerprint density at radius 3 is 2.46 bits per heavy atom. The van der Waals surface area contributed by atoms with Crippen LogP contribution in [0.2, 0.25) is 0 Å². The van der Waals surface area contributed by atoms with E-state index in [9.17, 15) is 8.42 Å². The number of methoxy groups -OCH3 is 2. The number of nitrogens with two attached hydrogens (primary N) is 1. The van der Waals surface area contributed by atoms with E-state index in [1.54, 1.807) is 32.4 Å². The molecular weight excluding hydrogens is 376 g/mol. The van der Waals surface area contributed by atoms with Gasteiger partial charge in [0.25, 0.3) is 0 Å². The summed E-state index contributed by atoms with van der Waals surface area (Å²) < 4.78 is 34.5. The summed E-state index contributed by atoms with van der Waals surface area (Å²) >= 11 is 0. The van der Waals surface area contributed by atoms with E-state index in [0.29, 0.717) is 11.5 Å². The smallest absolute Gasteiger partial charge is 0.238 e. The molecule has 2 aromatic carbocycles. The molecule has 0 fully saturated rings. The van der Waals surface area contributed by atoms with Gasteiger partial charge in [-0.15, -0.1) is 0 Å². The minimum absolute atomic E-state index is 0.0765. The maximum absolute atomic E-state index is 11.8. The summed E-state index contributed by atoms with van der Waals surface area (Å²) in [4.78, 5) is 0.146. The van der Waals surface area contributed by atoms with Crippen molar-refractivity contribution in [2.24, 2.45) is 11.1 Å². The predicted molar refractivity (Wildman–Crippen MR) is 108 cm³/mol. The molecule has 0 amide bonds. The SMILES string of the molecule is COc1cc(C)c(C2Nc3ccc(S(N)(=O)=O)cc3C3C=CCC32)cc1OC. The van der Waals surface area contributed by atoms with Crippen LogP contribution in [0.3, 0.4) is 0 Å². The summed E-state index contributed by atoms with van der Waals surface area (Å²) in [6.07, 6.45) is 5.24. The fourth-order valence-electron chi connectivity index (χ4n) is 4.39. The zero-order valence-corrected chi connectivity index (χ0v) is 16.9. The van der Waals surface area contributed by atoms with Crippen LogP contribution in [0, 0.1) is 12.8 Å². The number of sulfonamides is 1. The average molecular weight is 401 g/mol. The minimum Gasteiger partial charge on any atom is -0.493 e. The van der Waals surface area contributed by atoms with E-state index in [0.717, 1.165) is 28.8 Å². The monoisotopic (exact) mass is 400 g/mol. The lowest BCUT2D eigenvalue weighted by molar-refractivity contribution is 0.352. The summed E-state index contributed by atoms with van der Waals surface area (Å²) in [5.74, 6) is 1.82. The summed E-state index contributed by atoms with van der Waals surface area (Å²) in [7, 11) is -0.471. The normalized spacial score (nSPS) is 22.9. The van der Waals surface area contributed by atoms with Crippen LogP contribution >= 0.6 is 0 Å². The molecule has 3 unspecified atom stereocenters.